The third-order valence-electron chi connectivity index (χ3n) is 6.64. The first-order valence-electron chi connectivity index (χ1n) is 12.2. The summed E-state index contributed by atoms with van der Waals surface area (Å²) in [6, 6.07) is 13.4. The van der Waals surface area contributed by atoms with Crippen LogP contribution in [0.4, 0.5) is 0 Å². The maximum absolute atomic E-state index is 2.26. The van der Waals surface area contributed by atoms with Crippen LogP contribution in [0.2, 0.25) is 0 Å². The second-order valence-corrected chi connectivity index (χ2v) is 9.13. The van der Waals surface area contributed by atoms with E-state index in [0.29, 0.717) is 0 Å². The fourth-order valence-corrected chi connectivity index (χ4v) is 4.68. The zero-order valence-electron chi connectivity index (χ0n) is 19.7. The Hall–Kier alpha value is -1.56. The Bertz CT molecular complexity index is 608. The van der Waals surface area contributed by atoms with Crippen LogP contribution in [0.5, 0.6) is 0 Å². The molecule has 0 spiro atoms. The van der Waals surface area contributed by atoms with Crippen LogP contribution in [0, 0.1) is 27.7 Å². The van der Waals surface area contributed by atoms with Crippen molar-refractivity contribution in [3.05, 3.63) is 69.8 Å². The second-order valence-electron chi connectivity index (χ2n) is 9.13. The maximum Gasteiger partial charge on any atom is -0.0274 e. The summed E-state index contributed by atoms with van der Waals surface area (Å²) in [6.07, 6.45) is 18.0. The third-order valence-corrected chi connectivity index (χ3v) is 6.64. The van der Waals surface area contributed by atoms with Crippen molar-refractivity contribution in [1.29, 1.82) is 0 Å². The largest absolute Gasteiger partial charge is 0.0617 e. The molecule has 2 aromatic rings. The minimum atomic E-state index is 1.26. The number of aryl methyl sites for hydroxylation is 4. The van der Waals surface area contributed by atoms with Gasteiger partial charge < -0.3 is 0 Å². The lowest BCUT2D eigenvalue weighted by Crippen LogP contribution is -1.94. The minimum Gasteiger partial charge on any atom is -0.0617 e. The predicted octanol–water partition coefficient (Wildman–Crippen LogP) is 9.00. The highest BCUT2D eigenvalue weighted by Gasteiger charge is 2.03. The van der Waals surface area contributed by atoms with E-state index < -0.39 is 0 Å². The van der Waals surface area contributed by atoms with Crippen LogP contribution >= 0.6 is 0 Å². The number of hydrogen-bond acceptors (Lipinski definition) is 0. The summed E-state index contributed by atoms with van der Waals surface area (Å²) in [7, 11) is 0. The summed E-state index contributed by atoms with van der Waals surface area (Å²) in [5, 5.41) is 0. The normalized spacial score (nSPS) is 11.2. The molecule has 0 heterocycles. The molecule has 0 bridgehead atoms. The van der Waals surface area contributed by atoms with Gasteiger partial charge in [0, 0.05) is 0 Å². The van der Waals surface area contributed by atoms with Crippen molar-refractivity contribution in [3.8, 4) is 0 Å². The van der Waals surface area contributed by atoms with Crippen molar-refractivity contribution < 1.29 is 0 Å². The number of hydrogen-bond donors (Lipinski definition) is 0. The van der Waals surface area contributed by atoms with E-state index in [1.807, 2.05) is 0 Å². The van der Waals surface area contributed by atoms with Crippen LogP contribution in [0.25, 0.3) is 0 Å². The van der Waals surface area contributed by atoms with Gasteiger partial charge in [0.15, 0.2) is 0 Å². The summed E-state index contributed by atoms with van der Waals surface area (Å²) < 4.78 is 0. The molecule has 0 amide bonds. The van der Waals surface area contributed by atoms with E-state index in [1.54, 1.807) is 11.1 Å². The number of rotatable bonds is 14. The summed E-state index contributed by atoms with van der Waals surface area (Å²) in [4.78, 5) is 0. The summed E-state index contributed by atoms with van der Waals surface area (Å²) in [6.45, 7) is 9.02. The third kappa shape index (κ3) is 8.77. The monoisotopic (exact) mass is 392 g/mol. The van der Waals surface area contributed by atoms with Crippen LogP contribution < -0.4 is 0 Å². The van der Waals surface area contributed by atoms with E-state index in [1.165, 1.54) is 106 Å². The SMILES string of the molecule is Cc1cccc(C)c1CCCCCCCCCCCCCc1c(C)cccc1C. The van der Waals surface area contributed by atoms with Gasteiger partial charge in [-0.1, -0.05) is 94.2 Å². The van der Waals surface area contributed by atoms with Crippen molar-refractivity contribution in [2.45, 2.75) is 111 Å². The molecule has 0 N–H and O–H groups in total. The Morgan fingerprint density at radius 3 is 0.897 bits per heavy atom. The van der Waals surface area contributed by atoms with Crippen LogP contribution in [0.3, 0.4) is 0 Å². The first kappa shape index (κ1) is 23.7. The van der Waals surface area contributed by atoms with E-state index >= 15 is 0 Å². The van der Waals surface area contributed by atoms with Crippen molar-refractivity contribution in [2.75, 3.05) is 0 Å². The molecule has 0 fully saturated rings. The second kappa shape index (κ2) is 13.6. The topological polar surface area (TPSA) is 0 Å². The molecule has 0 aliphatic heterocycles. The lowest BCUT2D eigenvalue weighted by Gasteiger charge is -2.09. The van der Waals surface area contributed by atoms with Crippen LogP contribution in [0.15, 0.2) is 36.4 Å². The van der Waals surface area contributed by atoms with Crippen molar-refractivity contribution in [3.63, 3.8) is 0 Å². The lowest BCUT2D eigenvalue weighted by atomic mass is 9.96. The molecular formula is C29H44. The van der Waals surface area contributed by atoms with Gasteiger partial charge in [-0.25, -0.2) is 0 Å². The Kier molecular flexibility index (Phi) is 11.1. The van der Waals surface area contributed by atoms with Gasteiger partial charge in [0.1, 0.15) is 0 Å². The highest BCUT2D eigenvalue weighted by atomic mass is 14.1. The smallest absolute Gasteiger partial charge is 0.0274 e. The van der Waals surface area contributed by atoms with Gasteiger partial charge >= 0.3 is 0 Å². The van der Waals surface area contributed by atoms with Gasteiger partial charge in [0.2, 0.25) is 0 Å². The molecule has 160 valence electrons. The molecule has 2 aromatic carbocycles. The van der Waals surface area contributed by atoms with Gasteiger partial charge in [-0.3, -0.25) is 0 Å². The highest BCUT2D eigenvalue weighted by Crippen LogP contribution is 2.19. The molecule has 0 atom stereocenters. The van der Waals surface area contributed by atoms with Crippen molar-refractivity contribution >= 4 is 0 Å². The van der Waals surface area contributed by atoms with Crippen molar-refractivity contribution in [2.24, 2.45) is 0 Å². The molecule has 0 aliphatic rings. The molecule has 0 saturated carbocycles. The molecular weight excluding hydrogens is 348 g/mol. The molecule has 0 nitrogen and oxygen atoms in total. The molecule has 0 saturated heterocycles. The Labute approximate surface area is 181 Å². The van der Waals surface area contributed by atoms with E-state index in [-0.39, 0.29) is 0 Å². The maximum atomic E-state index is 2.26. The molecule has 0 aromatic heterocycles. The van der Waals surface area contributed by atoms with Crippen LogP contribution in [-0.4, -0.2) is 0 Å². The van der Waals surface area contributed by atoms with Gasteiger partial charge in [-0.2, -0.15) is 0 Å². The predicted molar refractivity (Wildman–Crippen MR) is 130 cm³/mol. The summed E-state index contributed by atoms with van der Waals surface area (Å²) in [5.41, 5.74) is 9.06. The number of unbranched alkanes of at least 4 members (excludes halogenated alkanes) is 10. The van der Waals surface area contributed by atoms with Crippen LogP contribution in [-0.2, 0) is 12.8 Å². The molecule has 0 heteroatoms. The fraction of sp³-hybridized carbons (Fsp3) is 0.586. The van der Waals surface area contributed by atoms with Crippen molar-refractivity contribution in [1.82, 2.24) is 0 Å². The van der Waals surface area contributed by atoms with Gasteiger partial charge in [0.25, 0.3) is 0 Å². The van der Waals surface area contributed by atoms with E-state index in [2.05, 4.69) is 64.1 Å². The van der Waals surface area contributed by atoms with E-state index in [4.69, 9.17) is 0 Å². The van der Waals surface area contributed by atoms with E-state index in [9.17, 15) is 0 Å². The van der Waals surface area contributed by atoms with Gasteiger partial charge in [-0.05, 0) is 86.8 Å². The summed E-state index contributed by atoms with van der Waals surface area (Å²) >= 11 is 0. The first-order valence-corrected chi connectivity index (χ1v) is 12.2. The first-order chi connectivity index (χ1) is 14.1. The highest BCUT2D eigenvalue weighted by molar-refractivity contribution is 5.34. The van der Waals surface area contributed by atoms with E-state index in [0.717, 1.165) is 0 Å². The zero-order valence-corrected chi connectivity index (χ0v) is 19.7. The lowest BCUT2D eigenvalue weighted by molar-refractivity contribution is 0.545. The van der Waals surface area contributed by atoms with Gasteiger partial charge in [-0.15, -0.1) is 0 Å². The average Bonchev–Trinajstić information content (AvgIpc) is 2.69. The van der Waals surface area contributed by atoms with Crippen LogP contribution in [0.1, 0.15) is 104 Å². The summed E-state index contributed by atoms with van der Waals surface area (Å²) in [5.74, 6) is 0. The Morgan fingerprint density at radius 2 is 0.621 bits per heavy atom. The quantitative estimate of drug-likeness (QED) is 0.281. The zero-order chi connectivity index (χ0) is 20.9. The standard InChI is InChI=1S/C29H44/c1-24-18-16-19-25(2)28(24)22-14-12-10-8-6-5-7-9-11-13-15-23-29-26(3)20-17-21-27(29)4/h16-21H,5-15,22-23H2,1-4H3. The minimum absolute atomic E-state index is 1.26. The van der Waals surface area contributed by atoms with Gasteiger partial charge in [0.05, 0.1) is 0 Å². The average molecular weight is 393 g/mol. The fourth-order valence-electron chi connectivity index (χ4n) is 4.68. The molecule has 29 heavy (non-hydrogen) atoms. The molecule has 0 unspecified atom stereocenters. The Morgan fingerprint density at radius 1 is 0.379 bits per heavy atom. The molecule has 2 rings (SSSR count). The molecule has 0 aliphatic carbocycles. The number of benzene rings is 2. The molecule has 0 radical (unpaired) electrons. The Balaban J connectivity index is 1.40.